The van der Waals surface area contributed by atoms with Gasteiger partial charge in [0.25, 0.3) is 0 Å². The molecule has 0 bridgehead atoms. The summed E-state index contributed by atoms with van der Waals surface area (Å²) in [6.07, 6.45) is 3.92. The highest BCUT2D eigenvalue weighted by molar-refractivity contribution is 14.1. The third-order valence-electron chi connectivity index (χ3n) is 2.75. The van der Waals surface area contributed by atoms with Crippen molar-refractivity contribution >= 4 is 28.5 Å². The molecule has 0 saturated carbocycles. The molecule has 0 N–H and O–H groups in total. The third-order valence-corrected chi connectivity index (χ3v) is 3.30. The molecule has 1 saturated heterocycles. The molecule has 1 aliphatic rings. The Kier molecular flexibility index (Phi) is 3.40. The number of anilines is 1. The highest BCUT2D eigenvalue weighted by Gasteiger charge is 2.26. The van der Waals surface area contributed by atoms with Gasteiger partial charge in [-0.25, -0.2) is 9.97 Å². The number of hydrogen-bond donors (Lipinski definition) is 0. The topological polar surface area (TPSA) is 38.2 Å². The fourth-order valence-corrected chi connectivity index (χ4v) is 1.95. The molecule has 0 aromatic carbocycles. The fourth-order valence-electron chi connectivity index (χ4n) is 1.67. The highest BCUT2D eigenvalue weighted by Crippen LogP contribution is 2.18. The minimum Gasteiger partial charge on any atom is -0.375 e. The zero-order valence-corrected chi connectivity index (χ0v) is 11.0. The number of hydrogen-bond acceptors (Lipinski definition) is 4. The van der Waals surface area contributed by atoms with Crippen LogP contribution in [-0.4, -0.2) is 35.3 Å². The Bertz CT molecular complexity index is 330. The van der Waals surface area contributed by atoms with Crippen molar-refractivity contribution in [3.05, 3.63) is 16.0 Å². The van der Waals surface area contributed by atoms with E-state index in [1.807, 2.05) is 12.4 Å². The van der Waals surface area contributed by atoms with Gasteiger partial charge in [0.1, 0.15) is 0 Å². The quantitative estimate of drug-likeness (QED) is 0.739. The van der Waals surface area contributed by atoms with Gasteiger partial charge in [-0.15, -0.1) is 0 Å². The summed E-state index contributed by atoms with van der Waals surface area (Å²) in [6, 6.07) is 0.332. The second kappa shape index (κ2) is 4.61. The predicted molar refractivity (Wildman–Crippen MR) is 67.0 cm³/mol. The fraction of sp³-hybridized carbons (Fsp3) is 0.600. The number of aromatic nitrogens is 2. The molecule has 0 aliphatic carbocycles. The first-order chi connectivity index (χ1) is 7.18. The lowest BCUT2D eigenvalue weighted by atomic mass is 10.1. The molecule has 2 unspecified atom stereocenters. The Balaban J connectivity index is 2.18. The average Bonchev–Trinajstić information content (AvgIpc) is 2.24. The van der Waals surface area contributed by atoms with Gasteiger partial charge in [-0.2, -0.15) is 0 Å². The van der Waals surface area contributed by atoms with Crippen LogP contribution in [0, 0.1) is 3.57 Å². The Morgan fingerprint density at radius 1 is 1.40 bits per heavy atom. The molecule has 1 aromatic heterocycles. The van der Waals surface area contributed by atoms with E-state index in [9.17, 15) is 0 Å². The second-order valence-corrected chi connectivity index (χ2v) is 4.96. The van der Waals surface area contributed by atoms with Gasteiger partial charge in [-0.1, -0.05) is 0 Å². The Hall–Kier alpha value is -0.430. The molecule has 2 rings (SSSR count). The molecular formula is C10H14IN3O. The third kappa shape index (κ3) is 2.39. The normalized spacial score (nSPS) is 26.7. The van der Waals surface area contributed by atoms with Crippen molar-refractivity contribution in [2.24, 2.45) is 0 Å². The number of halogens is 1. The molecule has 1 aromatic rings. The van der Waals surface area contributed by atoms with Crippen LogP contribution in [0.5, 0.6) is 0 Å². The summed E-state index contributed by atoms with van der Waals surface area (Å²) < 4.78 is 6.63. The van der Waals surface area contributed by atoms with Crippen LogP contribution in [0.25, 0.3) is 0 Å². The van der Waals surface area contributed by atoms with E-state index in [1.165, 1.54) is 0 Å². The molecule has 1 aliphatic heterocycles. The van der Waals surface area contributed by atoms with Crippen LogP contribution in [0.3, 0.4) is 0 Å². The number of ether oxygens (including phenoxy) is 1. The summed E-state index contributed by atoms with van der Waals surface area (Å²) in [4.78, 5) is 10.9. The van der Waals surface area contributed by atoms with Gasteiger partial charge in [0, 0.05) is 22.5 Å². The number of rotatable bonds is 1. The lowest BCUT2D eigenvalue weighted by Gasteiger charge is -2.37. The van der Waals surface area contributed by atoms with Gasteiger partial charge in [-0.3, -0.25) is 0 Å². The molecular weight excluding hydrogens is 305 g/mol. The lowest BCUT2D eigenvalue weighted by Crippen LogP contribution is -2.49. The lowest BCUT2D eigenvalue weighted by molar-refractivity contribution is 0.0277. The van der Waals surface area contributed by atoms with Crippen molar-refractivity contribution in [1.82, 2.24) is 9.97 Å². The largest absolute Gasteiger partial charge is 0.375 e. The zero-order valence-electron chi connectivity index (χ0n) is 8.85. The smallest absolute Gasteiger partial charge is 0.225 e. The van der Waals surface area contributed by atoms with Gasteiger partial charge < -0.3 is 9.64 Å². The van der Waals surface area contributed by atoms with Gasteiger partial charge in [0.05, 0.1) is 18.8 Å². The monoisotopic (exact) mass is 319 g/mol. The first kappa shape index (κ1) is 11.1. The molecule has 2 atom stereocenters. The zero-order chi connectivity index (χ0) is 10.8. The molecule has 15 heavy (non-hydrogen) atoms. The molecule has 2 heterocycles. The summed E-state index contributed by atoms with van der Waals surface area (Å²) in [5.74, 6) is 0.804. The maximum absolute atomic E-state index is 5.57. The van der Waals surface area contributed by atoms with Crippen molar-refractivity contribution in [3.63, 3.8) is 0 Å². The summed E-state index contributed by atoms with van der Waals surface area (Å²) in [5, 5.41) is 0. The summed E-state index contributed by atoms with van der Waals surface area (Å²) in [7, 11) is 0. The maximum atomic E-state index is 5.57. The minimum atomic E-state index is 0.238. The van der Waals surface area contributed by atoms with Crippen molar-refractivity contribution in [1.29, 1.82) is 0 Å². The molecule has 1 fully saturated rings. The SMILES string of the molecule is CC1OCCN(c2ncc(I)cn2)C1C. The Labute approximate surface area is 103 Å². The maximum Gasteiger partial charge on any atom is 0.225 e. The van der Waals surface area contributed by atoms with E-state index in [0.717, 1.165) is 22.7 Å². The summed E-state index contributed by atoms with van der Waals surface area (Å²) in [5.41, 5.74) is 0. The highest BCUT2D eigenvalue weighted by atomic mass is 127. The van der Waals surface area contributed by atoms with Gasteiger partial charge >= 0.3 is 0 Å². The van der Waals surface area contributed by atoms with Crippen LogP contribution < -0.4 is 4.90 Å². The van der Waals surface area contributed by atoms with E-state index in [4.69, 9.17) is 4.74 Å². The van der Waals surface area contributed by atoms with Gasteiger partial charge in [0.15, 0.2) is 0 Å². The standard InChI is InChI=1S/C10H14IN3O/c1-7-8(2)15-4-3-14(7)10-12-5-9(11)6-13-10/h5-8H,3-4H2,1-2H3. The van der Waals surface area contributed by atoms with Crippen molar-refractivity contribution in [2.75, 3.05) is 18.1 Å². The first-order valence-corrected chi connectivity index (χ1v) is 6.12. The van der Waals surface area contributed by atoms with E-state index < -0.39 is 0 Å². The van der Waals surface area contributed by atoms with E-state index in [1.54, 1.807) is 0 Å². The minimum absolute atomic E-state index is 0.238. The second-order valence-electron chi connectivity index (χ2n) is 3.71. The van der Waals surface area contributed by atoms with Crippen LogP contribution in [0.1, 0.15) is 13.8 Å². The Morgan fingerprint density at radius 3 is 2.73 bits per heavy atom. The predicted octanol–water partition coefficient (Wildman–Crippen LogP) is 1.69. The van der Waals surface area contributed by atoms with E-state index >= 15 is 0 Å². The van der Waals surface area contributed by atoms with Gasteiger partial charge in [0.2, 0.25) is 5.95 Å². The van der Waals surface area contributed by atoms with E-state index in [-0.39, 0.29) is 6.10 Å². The van der Waals surface area contributed by atoms with Crippen LogP contribution in [0.2, 0.25) is 0 Å². The molecule has 82 valence electrons. The van der Waals surface area contributed by atoms with Crippen LogP contribution in [0.4, 0.5) is 5.95 Å². The van der Waals surface area contributed by atoms with Crippen molar-refractivity contribution in [2.45, 2.75) is 26.0 Å². The average molecular weight is 319 g/mol. The van der Waals surface area contributed by atoms with Crippen molar-refractivity contribution < 1.29 is 4.74 Å². The molecule has 0 spiro atoms. The molecule has 4 nitrogen and oxygen atoms in total. The first-order valence-electron chi connectivity index (χ1n) is 5.04. The summed E-state index contributed by atoms with van der Waals surface area (Å²) in [6.45, 7) is 5.85. The van der Waals surface area contributed by atoms with Crippen molar-refractivity contribution in [3.8, 4) is 0 Å². The van der Waals surface area contributed by atoms with E-state index in [2.05, 4.69) is 51.3 Å². The van der Waals surface area contributed by atoms with Crippen LogP contribution in [0.15, 0.2) is 12.4 Å². The van der Waals surface area contributed by atoms with E-state index in [0.29, 0.717) is 6.04 Å². The molecule has 0 radical (unpaired) electrons. The summed E-state index contributed by atoms with van der Waals surface area (Å²) >= 11 is 2.21. The number of nitrogens with zero attached hydrogens (tertiary/aromatic N) is 3. The van der Waals surface area contributed by atoms with Gasteiger partial charge in [-0.05, 0) is 36.4 Å². The Morgan fingerprint density at radius 2 is 2.07 bits per heavy atom. The van der Waals surface area contributed by atoms with Crippen LogP contribution >= 0.6 is 22.6 Å². The molecule has 0 amide bonds. The number of morpholine rings is 1. The molecule has 5 heteroatoms. The van der Waals surface area contributed by atoms with Crippen LogP contribution in [-0.2, 0) is 4.74 Å².